The van der Waals surface area contributed by atoms with Gasteiger partial charge in [0.25, 0.3) is 0 Å². The lowest BCUT2D eigenvalue weighted by molar-refractivity contribution is 0.180. The summed E-state index contributed by atoms with van der Waals surface area (Å²) in [5.41, 5.74) is 0. The quantitative estimate of drug-likeness (QED) is 0.527. The predicted octanol–water partition coefficient (Wildman–Crippen LogP) is 0.796. The maximum Gasteiger partial charge on any atom is 0.0540 e. The SMILES string of the molecule is [CH2]CC(O)C[CH2]. The van der Waals surface area contributed by atoms with Gasteiger partial charge in [-0.1, -0.05) is 13.8 Å². The number of rotatable bonds is 2. The van der Waals surface area contributed by atoms with E-state index < -0.39 is 0 Å². The lowest BCUT2D eigenvalue weighted by atomic mass is 10.2. The van der Waals surface area contributed by atoms with Gasteiger partial charge in [0.15, 0.2) is 0 Å². The second-order valence-corrected chi connectivity index (χ2v) is 1.23. The van der Waals surface area contributed by atoms with E-state index in [1.54, 1.807) is 0 Å². The monoisotopic (exact) mass is 86.1 g/mol. The number of hydrogen-bond donors (Lipinski definition) is 1. The molecule has 1 nitrogen and oxygen atoms in total. The Morgan fingerprint density at radius 1 is 1.33 bits per heavy atom. The Bertz CT molecular complexity index is 23.1. The highest BCUT2D eigenvalue weighted by Gasteiger charge is 1.90. The van der Waals surface area contributed by atoms with Gasteiger partial charge in [0.1, 0.15) is 0 Å². The Labute approximate surface area is 39.0 Å². The van der Waals surface area contributed by atoms with Crippen LogP contribution < -0.4 is 0 Å². The van der Waals surface area contributed by atoms with Crippen LogP contribution in [0.4, 0.5) is 0 Å². The molecule has 0 aliphatic carbocycles. The van der Waals surface area contributed by atoms with E-state index in [0.29, 0.717) is 12.8 Å². The Morgan fingerprint density at radius 2 is 1.67 bits per heavy atom. The van der Waals surface area contributed by atoms with E-state index in [0.717, 1.165) is 0 Å². The molecule has 0 aliphatic heterocycles. The summed E-state index contributed by atoms with van der Waals surface area (Å²) in [6, 6.07) is 0. The van der Waals surface area contributed by atoms with Gasteiger partial charge in [0.2, 0.25) is 0 Å². The zero-order chi connectivity index (χ0) is 4.99. The molecule has 0 rings (SSSR count). The largest absolute Gasteiger partial charge is 0.393 e. The van der Waals surface area contributed by atoms with E-state index in [1.807, 2.05) is 0 Å². The molecule has 0 saturated heterocycles. The molecule has 36 valence electrons. The zero-order valence-corrected chi connectivity index (χ0v) is 3.85. The highest BCUT2D eigenvalue weighted by Crippen LogP contribution is 1.91. The number of hydrogen-bond acceptors (Lipinski definition) is 1. The van der Waals surface area contributed by atoms with E-state index in [4.69, 9.17) is 5.11 Å². The van der Waals surface area contributed by atoms with Crippen molar-refractivity contribution in [1.82, 2.24) is 0 Å². The summed E-state index contributed by atoms with van der Waals surface area (Å²) >= 11 is 0. The average molecular weight is 86.1 g/mol. The molecule has 1 N–H and O–H groups in total. The molecule has 0 aromatic carbocycles. The van der Waals surface area contributed by atoms with E-state index in [-0.39, 0.29) is 6.10 Å². The summed E-state index contributed by atoms with van der Waals surface area (Å²) in [7, 11) is 0. The van der Waals surface area contributed by atoms with Gasteiger partial charge in [-0.15, -0.1) is 0 Å². The second-order valence-electron chi connectivity index (χ2n) is 1.23. The third-order valence-electron chi connectivity index (χ3n) is 0.666. The van der Waals surface area contributed by atoms with Gasteiger partial charge in [-0.2, -0.15) is 0 Å². The molecule has 0 amide bonds. The van der Waals surface area contributed by atoms with Crippen LogP contribution in [0.1, 0.15) is 12.8 Å². The molecule has 0 fully saturated rings. The molecule has 0 aromatic rings. The van der Waals surface area contributed by atoms with Crippen molar-refractivity contribution in [1.29, 1.82) is 0 Å². The van der Waals surface area contributed by atoms with Gasteiger partial charge in [-0.3, -0.25) is 0 Å². The maximum absolute atomic E-state index is 8.54. The fraction of sp³-hybridized carbons (Fsp3) is 0.600. The molecule has 2 radical (unpaired) electrons. The predicted molar refractivity (Wildman–Crippen MR) is 26.0 cm³/mol. The van der Waals surface area contributed by atoms with Crippen molar-refractivity contribution in [2.45, 2.75) is 18.9 Å². The summed E-state index contributed by atoms with van der Waals surface area (Å²) in [5.74, 6) is 0. The van der Waals surface area contributed by atoms with Crippen LogP contribution in [0.25, 0.3) is 0 Å². The van der Waals surface area contributed by atoms with Gasteiger partial charge in [-0.25, -0.2) is 0 Å². The van der Waals surface area contributed by atoms with Crippen molar-refractivity contribution in [3.05, 3.63) is 13.8 Å². The smallest absolute Gasteiger partial charge is 0.0540 e. The highest BCUT2D eigenvalue weighted by molar-refractivity contribution is 4.56. The van der Waals surface area contributed by atoms with Crippen molar-refractivity contribution in [2.24, 2.45) is 0 Å². The molecule has 0 atom stereocenters. The van der Waals surface area contributed by atoms with Crippen LogP contribution in [0.15, 0.2) is 0 Å². The van der Waals surface area contributed by atoms with Gasteiger partial charge in [0, 0.05) is 0 Å². The number of aliphatic hydroxyl groups is 1. The maximum atomic E-state index is 8.54. The summed E-state index contributed by atoms with van der Waals surface area (Å²) < 4.78 is 0. The molecule has 0 aromatic heterocycles. The molecule has 0 unspecified atom stereocenters. The van der Waals surface area contributed by atoms with E-state index in [1.165, 1.54) is 0 Å². The van der Waals surface area contributed by atoms with Crippen molar-refractivity contribution in [3.63, 3.8) is 0 Å². The highest BCUT2D eigenvalue weighted by atomic mass is 16.3. The van der Waals surface area contributed by atoms with Crippen LogP contribution in [0.5, 0.6) is 0 Å². The van der Waals surface area contributed by atoms with Crippen molar-refractivity contribution in [2.75, 3.05) is 0 Å². The van der Waals surface area contributed by atoms with Crippen molar-refractivity contribution < 1.29 is 5.11 Å². The molecular weight excluding hydrogens is 76.1 g/mol. The minimum Gasteiger partial charge on any atom is -0.393 e. The zero-order valence-electron chi connectivity index (χ0n) is 3.85. The molecule has 0 heterocycles. The summed E-state index contributed by atoms with van der Waals surface area (Å²) in [6.45, 7) is 6.93. The van der Waals surface area contributed by atoms with Gasteiger partial charge < -0.3 is 5.11 Å². The van der Waals surface area contributed by atoms with Gasteiger partial charge in [-0.05, 0) is 12.8 Å². The average Bonchev–Trinajstić information content (AvgIpc) is 1.65. The molecule has 0 spiro atoms. The Balaban J connectivity index is 2.75. The van der Waals surface area contributed by atoms with Crippen LogP contribution in [0.3, 0.4) is 0 Å². The van der Waals surface area contributed by atoms with Gasteiger partial charge in [0.05, 0.1) is 6.10 Å². The second kappa shape index (κ2) is 3.16. The van der Waals surface area contributed by atoms with Crippen molar-refractivity contribution >= 4 is 0 Å². The fourth-order valence-corrected chi connectivity index (χ4v) is 0.144. The van der Waals surface area contributed by atoms with Crippen LogP contribution >= 0.6 is 0 Å². The number of aliphatic hydroxyl groups excluding tert-OH is 1. The minimum absolute atomic E-state index is 0.287. The lowest BCUT2D eigenvalue weighted by Gasteiger charge is -1.98. The third kappa shape index (κ3) is 2.21. The molecule has 0 saturated carbocycles. The molecular formula is C5H10O. The minimum atomic E-state index is -0.287. The molecule has 6 heavy (non-hydrogen) atoms. The van der Waals surface area contributed by atoms with E-state index >= 15 is 0 Å². The summed E-state index contributed by atoms with van der Waals surface area (Å²) in [4.78, 5) is 0. The topological polar surface area (TPSA) is 20.2 Å². The summed E-state index contributed by atoms with van der Waals surface area (Å²) in [5, 5.41) is 8.54. The van der Waals surface area contributed by atoms with E-state index in [2.05, 4.69) is 13.8 Å². The first-order valence-corrected chi connectivity index (χ1v) is 2.07. The molecule has 0 aliphatic rings. The van der Waals surface area contributed by atoms with Gasteiger partial charge >= 0.3 is 0 Å². The van der Waals surface area contributed by atoms with Crippen molar-refractivity contribution in [3.8, 4) is 0 Å². The Hall–Kier alpha value is -0.0400. The van der Waals surface area contributed by atoms with E-state index in [9.17, 15) is 0 Å². The first kappa shape index (κ1) is 5.96. The fourth-order valence-electron chi connectivity index (χ4n) is 0.144. The first-order chi connectivity index (χ1) is 2.81. The van der Waals surface area contributed by atoms with Crippen LogP contribution in [0, 0.1) is 13.8 Å². The Kier molecular flexibility index (Phi) is 3.14. The standard InChI is InChI=1S/C5H10O/c1-3-5(6)4-2/h5-6H,1-4H2. The summed E-state index contributed by atoms with van der Waals surface area (Å²) in [6.07, 6.45) is 0.859. The lowest BCUT2D eigenvalue weighted by Crippen LogP contribution is -2.00. The van der Waals surface area contributed by atoms with Crippen LogP contribution in [0.2, 0.25) is 0 Å². The normalized spacial score (nSPS) is 10.0. The Morgan fingerprint density at radius 3 is 1.67 bits per heavy atom. The van der Waals surface area contributed by atoms with Crippen LogP contribution in [-0.2, 0) is 0 Å². The third-order valence-corrected chi connectivity index (χ3v) is 0.666. The molecule has 1 heteroatoms. The van der Waals surface area contributed by atoms with Crippen LogP contribution in [-0.4, -0.2) is 11.2 Å². The molecule has 0 bridgehead atoms. The first-order valence-electron chi connectivity index (χ1n) is 2.07.